The van der Waals surface area contributed by atoms with Crippen LogP contribution in [0.4, 0.5) is 17.3 Å². The molecule has 0 N–H and O–H groups in total. The average molecular weight is 414 g/mol. The summed E-state index contributed by atoms with van der Waals surface area (Å²) in [5.74, 6) is 0. The fraction of sp³-hybridized carbons (Fsp3) is 0.0476. The first-order valence-corrected chi connectivity index (χ1v) is 9.65. The van der Waals surface area contributed by atoms with Gasteiger partial charge in [-0.2, -0.15) is 4.37 Å². The molecule has 0 radical (unpaired) electrons. The van der Waals surface area contributed by atoms with Gasteiger partial charge in [-0.05, 0) is 24.1 Å². The first-order valence-electron chi connectivity index (χ1n) is 8.88. The van der Waals surface area contributed by atoms with Gasteiger partial charge in [-0.15, -0.1) is 4.40 Å². The maximum atomic E-state index is 9.75. The van der Waals surface area contributed by atoms with E-state index in [4.69, 9.17) is 0 Å². The topological polar surface area (TPSA) is 17.0 Å². The number of hydrogen-bond acceptors (Lipinski definition) is 2. The van der Waals surface area contributed by atoms with Gasteiger partial charge in [0.2, 0.25) is 5.52 Å². The van der Waals surface area contributed by atoms with E-state index in [1.165, 1.54) is 37.6 Å². The summed E-state index contributed by atoms with van der Waals surface area (Å²) in [6.07, 6.45) is 2.17. The minimum absolute atomic E-state index is 1.10. The fourth-order valence-electron chi connectivity index (χ4n) is 3.45. The third kappa shape index (κ3) is 3.93. The van der Waals surface area contributed by atoms with E-state index in [0.29, 0.717) is 0 Å². The quantitative estimate of drug-likeness (QED) is 0.133. The highest BCUT2D eigenvalue weighted by Crippen LogP contribution is 2.31. The third-order valence-corrected chi connectivity index (χ3v) is 5.54. The Bertz CT molecular complexity index is 1310. The molecule has 146 valence electrons. The minimum Gasteiger partial charge on any atom is -0.418 e. The lowest BCUT2D eigenvalue weighted by molar-refractivity contribution is -0.477. The van der Waals surface area contributed by atoms with E-state index in [1.54, 1.807) is 11.5 Å². The Balaban J connectivity index is 0.000000369. The van der Waals surface area contributed by atoms with Crippen molar-refractivity contribution in [1.29, 1.82) is 0 Å². The Kier molecular flexibility index (Phi) is 4.96. The second-order valence-electron chi connectivity index (χ2n) is 6.53. The van der Waals surface area contributed by atoms with Crippen LogP contribution in [0.2, 0.25) is 0 Å². The van der Waals surface area contributed by atoms with Crippen molar-refractivity contribution >= 4 is 45.3 Å². The number of aryl methyl sites for hydroxylation is 1. The molecule has 0 aliphatic carbocycles. The molecule has 0 amide bonds. The van der Waals surface area contributed by atoms with Crippen LogP contribution in [-0.2, 0) is 0 Å². The van der Waals surface area contributed by atoms with Crippen molar-refractivity contribution in [3.05, 3.63) is 78.6 Å². The highest BCUT2D eigenvalue weighted by molar-refractivity contribution is 7.12. The number of halogens is 4. The lowest BCUT2D eigenvalue weighted by atomic mass is 10.0. The summed E-state index contributed by atoms with van der Waals surface area (Å²) in [5.41, 5.74) is 4.81. The molecule has 29 heavy (non-hydrogen) atoms. The van der Waals surface area contributed by atoms with Crippen molar-refractivity contribution in [2.45, 2.75) is 6.92 Å². The zero-order valence-corrected chi connectivity index (χ0v) is 16.1. The summed E-state index contributed by atoms with van der Waals surface area (Å²) < 4.78 is 45.9. The summed E-state index contributed by atoms with van der Waals surface area (Å²) in [5, 5.41) is 3.82. The fourth-order valence-corrected chi connectivity index (χ4v) is 4.36. The largest absolute Gasteiger partial charge is 0.673 e. The van der Waals surface area contributed by atoms with E-state index >= 15 is 0 Å². The monoisotopic (exact) mass is 414 g/mol. The number of rotatable bonds is 1. The molecule has 5 aromatic rings. The summed E-state index contributed by atoms with van der Waals surface area (Å²) in [7, 11) is -6.00. The van der Waals surface area contributed by atoms with Crippen LogP contribution in [0.1, 0.15) is 5.69 Å². The summed E-state index contributed by atoms with van der Waals surface area (Å²) >= 11 is 1.57. The van der Waals surface area contributed by atoms with E-state index in [2.05, 4.69) is 88.6 Å². The third-order valence-electron chi connectivity index (χ3n) is 4.60. The molecule has 3 heterocycles. The van der Waals surface area contributed by atoms with Gasteiger partial charge < -0.3 is 17.3 Å². The molecule has 2 aromatic carbocycles. The standard InChI is InChI=1S/C21H15N2S.BF4/c1-14-20-18-10-6-5-9-17(18)19-13-16(15-7-3-2-4-8-15)11-12-23(19)21(20)24-22-14;2-1(3,4)5/h2-13H,1H3;/q+1;-1. The molecule has 0 saturated heterocycles. The van der Waals surface area contributed by atoms with Crippen LogP contribution >= 0.6 is 11.5 Å². The highest BCUT2D eigenvalue weighted by Gasteiger charge is 2.21. The van der Waals surface area contributed by atoms with Crippen molar-refractivity contribution < 1.29 is 21.7 Å². The Morgan fingerprint density at radius 1 is 0.828 bits per heavy atom. The molecule has 0 unspecified atom stereocenters. The SMILES string of the molecule is Cc1nsc2c1c1ccccc1c1cc(-c3ccccc3)cc[n+]12.F[B-](F)(F)F. The maximum Gasteiger partial charge on any atom is 0.673 e. The van der Waals surface area contributed by atoms with E-state index < -0.39 is 7.25 Å². The molecule has 0 aliphatic rings. The Morgan fingerprint density at radius 2 is 1.45 bits per heavy atom. The van der Waals surface area contributed by atoms with E-state index in [0.717, 1.165) is 5.69 Å². The predicted molar refractivity (Wildman–Crippen MR) is 111 cm³/mol. The lowest BCUT2D eigenvalue weighted by Crippen LogP contribution is -2.21. The van der Waals surface area contributed by atoms with Crippen LogP contribution in [0.5, 0.6) is 0 Å². The molecule has 0 fully saturated rings. The summed E-state index contributed by atoms with van der Waals surface area (Å²) in [6.45, 7) is 2.09. The van der Waals surface area contributed by atoms with Gasteiger partial charge in [-0.1, -0.05) is 48.5 Å². The van der Waals surface area contributed by atoms with Crippen LogP contribution in [-0.4, -0.2) is 11.6 Å². The van der Waals surface area contributed by atoms with Gasteiger partial charge in [-0.25, -0.2) is 0 Å². The second-order valence-corrected chi connectivity index (χ2v) is 7.28. The normalized spacial score (nSPS) is 11.6. The Labute approximate surface area is 168 Å². The van der Waals surface area contributed by atoms with Crippen molar-refractivity contribution in [2.75, 3.05) is 0 Å². The summed E-state index contributed by atoms with van der Waals surface area (Å²) in [6, 6.07) is 23.6. The predicted octanol–water partition coefficient (Wildman–Crippen LogP) is 6.46. The van der Waals surface area contributed by atoms with Crippen LogP contribution in [0.25, 0.3) is 37.6 Å². The van der Waals surface area contributed by atoms with Gasteiger partial charge >= 0.3 is 7.25 Å². The van der Waals surface area contributed by atoms with Gasteiger partial charge in [0.25, 0.3) is 4.83 Å². The minimum atomic E-state index is -6.00. The van der Waals surface area contributed by atoms with Crippen LogP contribution in [0.15, 0.2) is 72.9 Å². The summed E-state index contributed by atoms with van der Waals surface area (Å²) in [4.78, 5) is 1.21. The molecule has 0 aliphatic heterocycles. The smallest absolute Gasteiger partial charge is 0.418 e. The number of benzene rings is 2. The molecule has 3 aromatic heterocycles. The molecular weight excluding hydrogens is 399 g/mol. The van der Waals surface area contributed by atoms with E-state index in [-0.39, 0.29) is 0 Å². The van der Waals surface area contributed by atoms with Crippen molar-refractivity contribution in [1.82, 2.24) is 4.37 Å². The number of hydrogen-bond donors (Lipinski definition) is 0. The average Bonchev–Trinajstić information content (AvgIpc) is 3.09. The van der Waals surface area contributed by atoms with Gasteiger partial charge in [0.15, 0.2) is 6.20 Å². The molecule has 0 bridgehead atoms. The first kappa shape index (κ1) is 19.3. The van der Waals surface area contributed by atoms with Gasteiger partial charge in [-0.3, -0.25) is 0 Å². The molecule has 2 nitrogen and oxygen atoms in total. The zero-order chi connectivity index (χ0) is 20.6. The van der Waals surface area contributed by atoms with Gasteiger partial charge in [0.1, 0.15) is 0 Å². The molecule has 5 rings (SSSR count). The van der Waals surface area contributed by atoms with Crippen molar-refractivity contribution in [3.63, 3.8) is 0 Å². The number of nitrogens with zero attached hydrogens (tertiary/aromatic N) is 2. The van der Waals surface area contributed by atoms with Crippen LogP contribution < -0.4 is 4.40 Å². The Morgan fingerprint density at radius 3 is 2.14 bits per heavy atom. The van der Waals surface area contributed by atoms with Gasteiger partial charge in [0, 0.05) is 29.1 Å². The molecule has 8 heteroatoms. The van der Waals surface area contributed by atoms with Crippen LogP contribution in [0.3, 0.4) is 0 Å². The zero-order valence-electron chi connectivity index (χ0n) is 15.3. The van der Waals surface area contributed by atoms with Crippen molar-refractivity contribution in [2.24, 2.45) is 0 Å². The highest BCUT2D eigenvalue weighted by atomic mass is 32.1. The molecular formula is C21H15BF4N2S. The number of fused-ring (bicyclic) bond motifs is 6. The Hall–Kier alpha value is -3.00. The molecule has 0 atom stereocenters. The van der Waals surface area contributed by atoms with Crippen molar-refractivity contribution in [3.8, 4) is 11.1 Å². The molecule has 0 saturated carbocycles. The first-order chi connectivity index (χ1) is 13.8. The number of pyridine rings is 2. The number of aromatic nitrogens is 2. The maximum absolute atomic E-state index is 9.75. The van der Waals surface area contributed by atoms with E-state index in [9.17, 15) is 17.3 Å². The van der Waals surface area contributed by atoms with Crippen LogP contribution in [0, 0.1) is 6.92 Å². The van der Waals surface area contributed by atoms with Gasteiger partial charge in [0.05, 0.1) is 16.5 Å². The lowest BCUT2D eigenvalue weighted by Gasteiger charge is -2.04. The molecule has 0 spiro atoms. The van der Waals surface area contributed by atoms with E-state index in [1.807, 2.05) is 0 Å². The second kappa shape index (κ2) is 7.44.